The van der Waals surface area contributed by atoms with Gasteiger partial charge in [-0.3, -0.25) is 4.98 Å². The minimum atomic E-state index is -1.05. The topological polar surface area (TPSA) is 103 Å². The number of amides is 2. The molecular formula is C20H15F2N5O2. The second-order valence-corrected chi connectivity index (χ2v) is 6.36. The van der Waals surface area contributed by atoms with Crippen LogP contribution in [0.2, 0.25) is 0 Å². The maximum Gasteiger partial charge on any atom is 0.325 e. The molecular weight excluding hydrogens is 380 g/mol. The standard InChI is InChI=1S/C20H15F2N5O2/c21-15-5-4-14(10-16(15)22)25-19(28)24-13-3-1-2-11(9-13)8-12-6-7-23-18-17(12)26-20(29)27-18/h1-7,9-10H,8H2,(H2,24,25,28)(H2,23,26,27,29). The molecule has 0 bridgehead atoms. The van der Waals surface area contributed by atoms with E-state index in [4.69, 9.17) is 0 Å². The molecule has 0 fully saturated rings. The molecule has 2 aromatic carbocycles. The lowest BCUT2D eigenvalue weighted by Gasteiger charge is -2.10. The largest absolute Gasteiger partial charge is 0.325 e. The zero-order valence-corrected chi connectivity index (χ0v) is 14.9. The molecule has 0 saturated heterocycles. The van der Waals surface area contributed by atoms with Gasteiger partial charge in [0.05, 0.1) is 5.52 Å². The molecule has 4 N–H and O–H groups in total. The van der Waals surface area contributed by atoms with Crippen molar-refractivity contribution in [2.45, 2.75) is 6.42 Å². The number of rotatable bonds is 4. The maximum atomic E-state index is 13.3. The summed E-state index contributed by atoms with van der Waals surface area (Å²) in [6.45, 7) is 0. The van der Waals surface area contributed by atoms with Crippen molar-refractivity contribution in [3.8, 4) is 0 Å². The molecule has 0 aliphatic heterocycles. The Morgan fingerprint density at radius 1 is 0.966 bits per heavy atom. The van der Waals surface area contributed by atoms with Crippen LogP contribution in [0.1, 0.15) is 11.1 Å². The molecule has 0 saturated carbocycles. The number of hydrogen-bond acceptors (Lipinski definition) is 3. The molecule has 0 unspecified atom stereocenters. The predicted octanol–water partition coefficient (Wildman–Crippen LogP) is 3.76. The number of imidazole rings is 1. The highest BCUT2D eigenvalue weighted by Crippen LogP contribution is 2.19. The average molecular weight is 395 g/mol. The van der Waals surface area contributed by atoms with Gasteiger partial charge in [0, 0.05) is 23.6 Å². The number of carbonyl (C=O) groups excluding carboxylic acids is 1. The molecule has 7 nitrogen and oxygen atoms in total. The van der Waals surface area contributed by atoms with E-state index >= 15 is 0 Å². The van der Waals surface area contributed by atoms with E-state index < -0.39 is 17.7 Å². The zero-order valence-electron chi connectivity index (χ0n) is 14.9. The highest BCUT2D eigenvalue weighted by molar-refractivity contribution is 5.99. The van der Waals surface area contributed by atoms with Gasteiger partial charge >= 0.3 is 11.7 Å². The first-order valence-electron chi connectivity index (χ1n) is 8.66. The third kappa shape index (κ3) is 4.13. The maximum absolute atomic E-state index is 13.3. The van der Waals surface area contributed by atoms with E-state index in [2.05, 4.69) is 25.6 Å². The summed E-state index contributed by atoms with van der Waals surface area (Å²) in [6, 6.07) is 11.5. The molecule has 2 amide bonds. The van der Waals surface area contributed by atoms with Gasteiger partial charge in [0.1, 0.15) is 0 Å². The highest BCUT2D eigenvalue weighted by Gasteiger charge is 2.09. The molecule has 4 aromatic rings. The third-order valence-electron chi connectivity index (χ3n) is 4.26. The molecule has 146 valence electrons. The summed E-state index contributed by atoms with van der Waals surface area (Å²) in [5.41, 5.74) is 3.20. The lowest BCUT2D eigenvalue weighted by molar-refractivity contribution is 0.262. The first-order chi connectivity index (χ1) is 14.0. The number of pyridine rings is 1. The van der Waals surface area contributed by atoms with Crippen molar-refractivity contribution in [2.75, 3.05) is 10.6 Å². The summed E-state index contributed by atoms with van der Waals surface area (Å²) in [4.78, 5) is 33.1. The Morgan fingerprint density at radius 3 is 2.55 bits per heavy atom. The van der Waals surface area contributed by atoms with Crippen LogP contribution in [-0.2, 0) is 6.42 Å². The van der Waals surface area contributed by atoms with Gasteiger partial charge in [0.25, 0.3) is 0 Å². The summed E-state index contributed by atoms with van der Waals surface area (Å²) < 4.78 is 26.2. The molecule has 0 aliphatic carbocycles. The smallest absolute Gasteiger partial charge is 0.308 e. The second-order valence-electron chi connectivity index (χ2n) is 6.36. The number of aromatic nitrogens is 3. The monoisotopic (exact) mass is 395 g/mol. The van der Waals surface area contributed by atoms with Crippen molar-refractivity contribution in [3.05, 3.63) is 88.0 Å². The molecule has 2 aromatic heterocycles. The number of halogens is 2. The number of nitrogens with zero attached hydrogens (tertiary/aromatic N) is 1. The Hall–Kier alpha value is -4.01. The number of carbonyl (C=O) groups is 1. The van der Waals surface area contributed by atoms with E-state index in [-0.39, 0.29) is 11.4 Å². The quantitative estimate of drug-likeness (QED) is 0.423. The number of urea groups is 1. The van der Waals surface area contributed by atoms with Crippen LogP contribution in [-0.4, -0.2) is 21.0 Å². The van der Waals surface area contributed by atoms with Crippen LogP contribution in [0.3, 0.4) is 0 Å². The van der Waals surface area contributed by atoms with Gasteiger partial charge < -0.3 is 15.6 Å². The Labute approximate surface area is 162 Å². The predicted molar refractivity (Wildman–Crippen MR) is 105 cm³/mol. The van der Waals surface area contributed by atoms with Crippen molar-refractivity contribution in [3.63, 3.8) is 0 Å². The molecule has 0 aliphatic rings. The van der Waals surface area contributed by atoms with Gasteiger partial charge in [-0.15, -0.1) is 0 Å². The summed E-state index contributed by atoms with van der Waals surface area (Å²) in [7, 11) is 0. The van der Waals surface area contributed by atoms with Crippen molar-refractivity contribution in [1.29, 1.82) is 0 Å². The van der Waals surface area contributed by atoms with Gasteiger partial charge in [0.15, 0.2) is 17.3 Å². The fourth-order valence-electron chi connectivity index (χ4n) is 2.98. The number of hydrogen-bond donors (Lipinski definition) is 4. The molecule has 0 spiro atoms. The third-order valence-corrected chi connectivity index (χ3v) is 4.26. The van der Waals surface area contributed by atoms with Crippen molar-refractivity contribution in [2.24, 2.45) is 0 Å². The number of aromatic amines is 2. The zero-order chi connectivity index (χ0) is 20.4. The Balaban J connectivity index is 1.48. The first-order valence-corrected chi connectivity index (χ1v) is 8.66. The molecule has 29 heavy (non-hydrogen) atoms. The van der Waals surface area contributed by atoms with Crippen LogP contribution >= 0.6 is 0 Å². The lowest BCUT2D eigenvalue weighted by atomic mass is 10.0. The SMILES string of the molecule is O=C(Nc1cccc(Cc2ccnc3[nH]c(=O)[nH]c23)c1)Nc1ccc(F)c(F)c1. The van der Waals surface area contributed by atoms with Crippen LogP contribution in [0, 0.1) is 11.6 Å². The van der Waals surface area contributed by atoms with Gasteiger partial charge in [-0.1, -0.05) is 12.1 Å². The van der Waals surface area contributed by atoms with Gasteiger partial charge in [-0.2, -0.15) is 0 Å². The normalized spacial score (nSPS) is 10.8. The number of H-pyrrole nitrogens is 2. The minimum absolute atomic E-state index is 0.133. The lowest BCUT2D eigenvalue weighted by Crippen LogP contribution is -2.19. The van der Waals surface area contributed by atoms with Crippen molar-refractivity contribution in [1.82, 2.24) is 15.0 Å². The van der Waals surface area contributed by atoms with Gasteiger partial charge in [-0.05, 0) is 47.9 Å². The summed E-state index contributed by atoms with van der Waals surface area (Å²) >= 11 is 0. The van der Waals surface area contributed by atoms with Crippen LogP contribution in [0.4, 0.5) is 25.0 Å². The fourth-order valence-corrected chi connectivity index (χ4v) is 2.98. The summed E-state index contributed by atoms with van der Waals surface area (Å²) in [5.74, 6) is -2.03. The second kappa shape index (κ2) is 7.55. The van der Waals surface area contributed by atoms with Crippen LogP contribution in [0.15, 0.2) is 59.5 Å². The van der Waals surface area contributed by atoms with E-state index in [0.29, 0.717) is 23.3 Å². The van der Waals surface area contributed by atoms with Gasteiger partial charge in [0.2, 0.25) is 0 Å². The molecule has 4 rings (SSSR count). The fraction of sp³-hybridized carbons (Fsp3) is 0.0500. The molecule has 2 heterocycles. The Morgan fingerprint density at radius 2 is 1.76 bits per heavy atom. The molecule has 9 heteroatoms. The van der Waals surface area contributed by atoms with Crippen molar-refractivity contribution < 1.29 is 13.6 Å². The van der Waals surface area contributed by atoms with E-state index in [1.807, 2.05) is 12.1 Å². The van der Waals surface area contributed by atoms with Gasteiger partial charge in [-0.25, -0.2) is 23.4 Å². The Kier molecular flexibility index (Phi) is 4.78. The van der Waals surface area contributed by atoms with E-state index in [1.165, 1.54) is 6.07 Å². The van der Waals surface area contributed by atoms with E-state index in [9.17, 15) is 18.4 Å². The van der Waals surface area contributed by atoms with Crippen LogP contribution < -0.4 is 16.3 Å². The van der Waals surface area contributed by atoms with E-state index in [0.717, 1.165) is 23.3 Å². The van der Waals surface area contributed by atoms with Crippen LogP contribution in [0.25, 0.3) is 11.2 Å². The number of nitrogens with one attached hydrogen (secondary N) is 4. The summed E-state index contributed by atoms with van der Waals surface area (Å²) in [5, 5.41) is 5.10. The Bertz CT molecular complexity index is 1270. The average Bonchev–Trinajstić information content (AvgIpc) is 3.06. The molecule has 0 radical (unpaired) electrons. The van der Waals surface area contributed by atoms with Crippen molar-refractivity contribution >= 4 is 28.6 Å². The molecule has 0 atom stereocenters. The number of benzene rings is 2. The number of anilines is 2. The number of fused-ring (bicyclic) bond motifs is 1. The first kappa shape index (κ1) is 18.4. The van der Waals surface area contributed by atoms with E-state index in [1.54, 1.807) is 24.4 Å². The summed E-state index contributed by atoms with van der Waals surface area (Å²) in [6.07, 6.45) is 2.12. The minimum Gasteiger partial charge on any atom is -0.308 e. The highest BCUT2D eigenvalue weighted by atomic mass is 19.2. The van der Waals surface area contributed by atoms with Crippen LogP contribution in [0.5, 0.6) is 0 Å².